The van der Waals surface area contributed by atoms with Crippen LogP contribution in [0.1, 0.15) is 24.5 Å². The zero-order valence-electron chi connectivity index (χ0n) is 14.2. The van der Waals surface area contributed by atoms with Gasteiger partial charge in [-0.15, -0.1) is 0 Å². The Kier molecular flexibility index (Phi) is 7.66. The Labute approximate surface area is 147 Å². The van der Waals surface area contributed by atoms with Crippen molar-refractivity contribution in [3.8, 4) is 0 Å². The lowest BCUT2D eigenvalue weighted by Gasteiger charge is -2.15. The molecule has 0 aliphatic carbocycles. The lowest BCUT2D eigenvalue weighted by molar-refractivity contribution is -0.165. The average Bonchev–Trinajstić information content (AvgIpc) is 2.66. The number of benzene rings is 2. The molecule has 0 heterocycles. The number of ether oxygens (including phenoxy) is 3. The van der Waals surface area contributed by atoms with Gasteiger partial charge in [0.2, 0.25) is 0 Å². The van der Waals surface area contributed by atoms with Crippen molar-refractivity contribution in [1.29, 1.82) is 0 Å². The van der Waals surface area contributed by atoms with E-state index >= 15 is 0 Å². The van der Waals surface area contributed by atoms with Gasteiger partial charge in [-0.25, -0.2) is 4.79 Å². The van der Waals surface area contributed by atoms with Crippen LogP contribution in [0.15, 0.2) is 60.7 Å². The fourth-order valence-electron chi connectivity index (χ4n) is 2.18. The molecule has 2 aromatic rings. The maximum absolute atomic E-state index is 12.2. The molecule has 0 saturated carbocycles. The summed E-state index contributed by atoms with van der Waals surface area (Å²) in [6, 6.07) is 18.7. The van der Waals surface area contributed by atoms with Crippen LogP contribution in [0.3, 0.4) is 0 Å². The number of carbonyl (C=O) groups is 2. The molecule has 0 saturated heterocycles. The van der Waals surface area contributed by atoms with Gasteiger partial charge in [0.15, 0.2) is 6.10 Å². The highest BCUT2D eigenvalue weighted by molar-refractivity contribution is 5.81. The third-order valence-electron chi connectivity index (χ3n) is 3.45. The van der Waals surface area contributed by atoms with E-state index in [1.165, 1.54) is 0 Å². The summed E-state index contributed by atoms with van der Waals surface area (Å²) in [6.45, 7) is 2.36. The van der Waals surface area contributed by atoms with Crippen LogP contribution in [0.25, 0.3) is 0 Å². The molecule has 0 aromatic heterocycles. The van der Waals surface area contributed by atoms with E-state index in [4.69, 9.17) is 14.2 Å². The Hall–Kier alpha value is -2.66. The summed E-state index contributed by atoms with van der Waals surface area (Å²) in [4.78, 5) is 24.1. The molecule has 0 aliphatic rings. The largest absolute Gasteiger partial charge is 0.461 e. The first-order chi connectivity index (χ1) is 12.2. The van der Waals surface area contributed by atoms with Gasteiger partial charge in [-0.05, 0) is 18.1 Å². The second kappa shape index (κ2) is 10.3. The molecule has 0 N–H and O–H groups in total. The van der Waals surface area contributed by atoms with E-state index in [-0.39, 0.29) is 19.6 Å². The lowest BCUT2D eigenvalue weighted by Crippen LogP contribution is -2.30. The number of rotatable bonds is 9. The van der Waals surface area contributed by atoms with E-state index in [1.54, 1.807) is 6.92 Å². The minimum absolute atomic E-state index is 0.141. The molecule has 0 aliphatic heterocycles. The first kappa shape index (κ1) is 18.7. The fraction of sp³-hybridized carbons (Fsp3) is 0.300. The highest BCUT2D eigenvalue weighted by atomic mass is 16.6. The quantitative estimate of drug-likeness (QED) is 0.655. The predicted octanol–water partition coefficient (Wildman–Crippen LogP) is 3.27. The van der Waals surface area contributed by atoms with Crippen LogP contribution in [0.4, 0.5) is 0 Å². The summed E-state index contributed by atoms with van der Waals surface area (Å²) < 4.78 is 15.8. The van der Waals surface area contributed by atoms with Gasteiger partial charge in [0.05, 0.1) is 6.42 Å². The molecular weight excluding hydrogens is 320 g/mol. The molecule has 1 atom stereocenters. The smallest absolute Gasteiger partial charge is 0.336 e. The summed E-state index contributed by atoms with van der Waals surface area (Å²) in [5, 5.41) is 0. The molecule has 0 amide bonds. The number of hydrogen-bond acceptors (Lipinski definition) is 5. The summed E-state index contributed by atoms with van der Waals surface area (Å²) >= 11 is 0. The zero-order valence-corrected chi connectivity index (χ0v) is 14.2. The second-order valence-electron chi connectivity index (χ2n) is 5.39. The van der Waals surface area contributed by atoms with Gasteiger partial charge >= 0.3 is 11.9 Å². The SMILES string of the molecule is CCOC(CC(=O)OCc1ccccc1)C(=O)OCc1ccccc1. The van der Waals surface area contributed by atoms with Gasteiger partial charge < -0.3 is 14.2 Å². The highest BCUT2D eigenvalue weighted by Gasteiger charge is 2.24. The van der Waals surface area contributed by atoms with Crippen LogP contribution in [0.2, 0.25) is 0 Å². The number of hydrogen-bond donors (Lipinski definition) is 0. The van der Waals surface area contributed by atoms with E-state index in [0.717, 1.165) is 11.1 Å². The van der Waals surface area contributed by atoms with Gasteiger partial charge in [0.25, 0.3) is 0 Å². The molecule has 2 aromatic carbocycles. The zero-order chi connectivity index (χ0) is 17.9. The maximum atomic E-state index is 12.2. The van der Waals surface area contributed by atoms with Gasteiger partial charge in [0, 0.05) is 6.61 Å². The topological polar surface area (TPSA) is 61.8 Å². The minimum Gasteiger partial charge on any atom is -0.461 e. The maximum Gasteiger partial charge on any atom is 0.336 e. The van der Waals surface area contributed by atoms with Crippen LogP contribution in [0, 0.1) is 0 Å². The van der Waals surface area contributed by atoms with Gasteiger partial charge in [-0.2, -0.15) is 0 Å². The molecule has 0 bridgehead atoms. The first-order valence-electron chi connectivity index (χ1n) is 8.20. The molecule has 0 fully saturated rings. The number of carbonyl (C=O) groups excluding carboxylic acids is 2. The third-order valence-corrected chi connectivity index (χ3v) is 3.45. The summed E-state index contributed by atoms with van der Waals surface area (Å²) in [7, 11) is 0. The van der Waals surface area contributed by atoms with Crippen LogP contribution in [-0.2, 0) is 37.0 Å². The van der Waals surface area contributed by atoms with Crippen molar-refractivity contribution < 1.29 is 23.8 Å². The van der Waals surface area contributed by atoms with Gasteiger partial charge in [0.1, 0.15) is 13.2 Å². The predicted molar refractivity (Wildman–Crippen MR) is 92.5 cm³/mol. The summed E-state index contributed by atoms with van der Waals surface area (Å²) in [6.07, 6.45) is -1.13. The van der Waals surface area contributed by atoms with Crippen molar-refractivity contribution in [2.75, 3.05) is 6.61 Å². The molecule has 2 rings (SSSR count). The molecule has 0 radical (unpaired) electrons. The van der Waals surface area contributed by atoms with Crippen LogP contribution < -0.4 is 0 Å². The second-order valence-corrected chi connectivity index (χ2v) is 5.39. The molecule has 0 spiro atoms. The van der Waals surface area contributed by atoms with Gasteiger partial charge in [-0.1, -0.05) is 60.7 Å². The summed E-state index contributed by atoms with van der Waals surface area (Å²) in [5.74, 6) is -1.07. The van der Waals surface area contributed by atoms with E-state index in [2.05, 4.69) is 0 Å². The molecule has 5 heteroatoms. The molecule has 132 valence electrons. The molecule has 25 heavy (non-hydrogen) atoms. The fourth-order valence-corrected chi connectivity index (χ4v) is 2.18. The van der Waals surface area contributed by atoms with Crippen molar-refractivity contribution >= 4 is 11.9 Å². The Morgan fingerprint density at radius 3 is 1.88 bits per heavy atom. The van der Waals surface area contributed by atoms with Gasteiger partial charge in [-0.3, -0.25) is 4.79 Å². The van der Waals surface area contributed by atoms with E-state index in [9.17, 15) is 9.59 Å². The monoisotopic (exact) mass is 342 g/mol. The highest BCUT2D eigenvalue weighted by Crippen LogP contribution is 2.09. The van der Waals surface area contributed by atoms with Crippen LogP contribution in [-0.4, -0.2) is 24.6 Å². The molecule has 1 unspecified atom stereocenters. The Bertz CT molecular complexity index is 654. The van der Waals surface area contributed by atoms with E-state index in [0.29, 0.717) is 6.61 Å². The summed E-state index contributed by atoms with van der Waals surface area (Å²) in [5.41, 5.74) is 1.76. The Balaban J connectivity index is 1.81. The Morgan fingerprint density at radius 1 is 0.840 bits per heavy atom. The van der Waals surface area contributed by atoms with Crippen molar-refractivity contribution in [3.05, 3.63) is 71.8 Å². The lowest BCUT2D eigenvalue weighted by atomic mass is 10.2. The van der Waals surface area contributed by atoms with Crippen molar-refractivity contribution in [1.82, 2.24) is 0 Å². The molecule has 5 nitrogen and oxygen atoms in total. The molecular formula is C20H22O5. The first-order valence-corrected chi connectivity index (χ1v) is 8.20. The van der Waals surface area contributed by atoms with Crippen molar-refractivity contribution in [2.45, 2.75) is 32.7 Å². The third kappa shape index (κ3) is 6.77. The average molecular weight is 342 g/mol. The van der Waals surface area contributed by atoms with E-state index in [1.807, 2.05) is 60.7 Å². The van der Waals surface area contributed by atoms with Crippen molar-refractivity contribution in [2.24, 2.45) is 0 Å². The van der Waals surface area contributed by atoms with E-state index < -0.39 is 18.0 Å². The minimum atomic E-state index is -0.961. The van der Waals surface area contributed by atoms with Crippen molar-refractivity contribution in [3.63, 3.8) is 0 Å². The normalized spacial score (nSPS) is 11.6. The van der Waals surface area contributed by atoms with Crippen LogP contribution in [0.5, 0.6) is 0 Å². The Morgan fingerprint density at radius 2 is 1.36 bits per heavy atom. The van der Waals surface area contributed by atoms with Crippen LogP contribution >= 0.6 is 0 Å². The standard InChI is InChI=1S/C20H22O5/c1-2-23-18(20(22)25-15-17-11-7-4-8-12-17)13-19(21)24-14-16-9-5-3-6-10-16/h3-12,18H,2,13-15H2,1H3. The number of esters is 2.